The summed E-state index contributed by atoms with van der Waals surface area (Å²) in [6, 6.07) is 4.53. The van der Waals surface area contributed by atoms with E-state index in [2.05, 4.69) is 0 Å². The summed E-state index contributed by atoms with van der Waals surface area (Å²) in [5.41, 5.74) is 0.247. The van der Waals surface area contributed by atoms with Gasteiger partial charge in [-0.3, -0.25) is 0 Å². The summed E-state index contributed by atoms with van der Waals surface area (Å²) < 4.78 is 15.7. The van der Waals surface area contributed by atoms with Crippen molar-refractivity contribution in [2.75, 3.05) is 20.3 Å². The summed E-state index contributed by atoms with van der Waals surface area (Å²) in [5, 5.41) is 18.2. The number of aliphatic hydroxyl groups excluding tert-OH is 1. The number of benzene rings is 1. The lowest BCUT2D eigenvalue weighted by molar-refractivity contribution is -0.146. The van der Waals surface area contributed by atoms with Crippen molar-refractivity contribution in [3.63, 3.8) is 0 Å². The van der Waals surface area contributed by atoms with Crippen molar-refractivity contribution in [1.29, 1.82) is 0 Å². The van der Waals surface area contributed by atoms with E-state index >= 15 is 0 Å². The lowest BCUT2D eigenvalue weighted by Crippen LogP contribution is -2.38. The van der Waals surface area contributed by atoms with Gasteiger partial charge in [0.05, 0.1) is 20.3 Å². The Balaban J connectivity index is 2.19. The Bertz CT molecular complexity index is 440. The van der Waals surface area contributed by atoms with Crippen molar-refractivity contribution >= 4 is 5.97 Å². The van der Waals surface area contributed by atoms with Gasteiger partial charge in [0.25, 0.3) is 0 Å². The number of aliphatic hydroxyl groups is 1. The van der Waals surface area contributed by atoms with Gasteiger partial charge in [0.15, 0.2) is 17.6 Å². The lowest BCUT2D eigenvalue weighted by atomic mass is 10.1. The van der Waals surface area contributed by atoms with E-state index in [4.69, 9.17) is 19.3 Å². The molecule has 2 N–H and O–H groups in total. The van der Waals surface area contributed by atoms with Crippen molar-refractivity contribution in [2.45, 2.75) is 12.2 Å². The maximum absolute atomic E-state index is 10.7. The van der Waals surface area contributed by atoms with Crippen LogP contribution in [0.5, 0.6) is 11.5 Å². The third kappa shape index (κ3) is 2.55. The zero-order valence-electron chi connectivity index (χ0n) is 9.83. The summed E-state index contributed by atoms with van der Waals surface area (Å²) in [7, 11) is 1.45. The van der Waals surface area contributed by atoms with Gasteiger partial charge in [-0.1, -0.05) is 6.07 Å². The number of carboxylic acids is 1. The van der Waals surface area contributed by atoms with Crippen LogP contribution in [0.3, 0.4) is 0 Å². The number of ether oxygens (including phenoxy) is 3. The van der Waals surface area contributed by atoms with Crippen LogP contribution < -0.4 is 9.47 Å². The number of methoxy groups -OCH3 is 1. The molecule has 1 aliphatic rings. The maximum Gasteiger partial charge on any atom is 0.337 e. The zero-order valence-corrected chi connectivity index (χ0v) is 9.83. The fourth-order valence-corrected chi connectivity index (χ4v) is 1.56. The van der Waals surface area contributed by atoms with Gasteiger partial charge >= 0.3 is 5.97 Å². The van der Waals surface area contributed by atoms with Crippen LogP contribution in [0.4, 0.5) is 0 Å². The molecule has 0 spiro atoms. The van der Waals surface area contributed by atoms with Gasteiger partial charge in [0.1, 0.15) is 6.10 Å². The van der Waals surface area contributed by atoms with Gasteiger partial charge in [0.2, 0.25) is 0 Å². The smallest absolute Gasteiger partial charge is 0.337 e. The predicted molar refractivity (Wildman–Crippen MR) is 60.8 cm³/mol. The quantitative estimate of drug-likeness (QED) is 0.800. The highest BCUT2D eigenvalue weighted by Gasteiger charge is 2.23. The number of aliphatic carboxylic acids is 1. The molecule has 0 aliphatic carbocycles. The second-order valence-electron chi connectivity index (χ2n) is 3.93. The highest BCUT2D eigenvalue weighted by molar-refractivity contribution is 5.74. The molecule has 0 amide bonds. The molecule has 0 aromatic heterocycles. The second-order valence-corrected chi connectivity index (χ2v) is 3.93. The molecule has 1 heterocycles. The third-order valence-electron chi connectivity index (χ3n) is 2.64. The molecule has 1 fully saturated rings. The van der Waals surface area contributed by atoms with Gasteiger partial charge in [-0.2, -0.15) is 0 Å². The van der Waals surface area contributed by atoms with E-state index in [1.807, 2.05) is 0 Å². The van der Waals surface area contributed by atoms with E-state index in [0.29, 0.717) is 24.7 Å². The topological polar surface area (TPSA) is 85.2 Å². The molecule has 18 heavy (non-hydrogen) atoms. The minimum Gasteiger partial charge on any atom is -0.493 e. The number of hydrogen-bond donors (Lipinski definition) is 2. The minimum atomic E-state index is -1.57. The van der Waals surface area contributed by atoms with Crippen LogP contribution in [0.25, 0.3) is 0 Å². The van der Waals surface area contributed by atoms with Crippen LogP contribution in [-0.4, -0.2) is 42.6 Å². The first-order valence-corrected chi connectivity index (χ1v) is 5.45. The van der Waals surface area contributed by atoms with E-state index in [9.17, 15) is 9.90 Å². The number of rotatable bonds is 5. The molecule has 1 atom stereocenters. The van der Waals surface area contributed by atoms with Gasteiger partial charge in [-0.15, -0.1) is 0 Å². The fraction of sp³-hybridized carbons (Fsp3) is 0.417. The van der Waals surface area contributed by atoms with Crippen LogP contribution in [0.15, 0.2) is 18.2 Å². The van der Waals surface area contributed by atoms with E-state index in [1.54, 1.807) is 6.07 Å². The third-order valence-corrected chi connectivity index (χ3v) is 2.64. The molecule has 0 radical (unpaired) electrons. The van der Waals surface area contributed by atoms with Gasteiger partial charge in [0, 0.05) is 0 Å². The Morgan fingerprint density at radius 2 is 2.17 bits per heavy atom. The van der Waals surface area contributed by atoms with E-state index < -0.39 is 12.1 Å². The molecule has 98 valence electrons. The molecule has 1 unspecified atom stereocenters. The van der Waals surface area contributed by atoms with Crippen LogP contribution >= 0.6 is 0 Å². The molecule has 1 aromatic rings. The average Bonchev–Trinajstić information content (AvgIpc) is 2.32. The van der Waals surface area contributed by atoms with Crippen molar-refractivity contribution < 1.29 is 29.2 Å². The zero-order chi connectivity index (χ0) is 13.1. The van der Waals surface area contributed by atoms with Crippen molar-refractivity contribution in [2.24, 2.45) is 0 Å². The number of carboxylic acid groups (broad SMARTS) is 1. The van der Waals surface area contributed by atoms with Gasteiger partial charge in [-0.25, -0.2) is 4.79 Å². The summed E-state index contributed by atoms with van der Waals surface area (Å²) in [6.07, 6.45) is -1.57. The molecule has 6 heteroatoms. The summed E-state index contributed by atoms with van der Waals surface area (Å²) in [4.78, 5) is 10.7. The lowest BCUT2D eigenvalue weighted by Gasteiger charge is -2.27. The van der Waals surface area contributed by atoms with Crippen molar-refractivity contribution in [1.82, 2.24) is 0 Å². The Hall–Kier alpha value is -1.79. The summed E-state index contributed by atoms with van der Waals surface area (Å²) in [5.74, 6) is -0.412. The first-order chi connectivity index (χ1) is 8.61. The van der Waals surface area contributed by atoms with E-state index in [-0.39, 0.29) is 11.7 Å². The number of hydrogen-bond acceptors (Lipinski definition) is 5. The van der Waals surface area contributed by atoms with Gasteiger partial charge < -0.3 is 24.4 Å². The molecule has 0 bridgehead atoms. The van der Waals surface area contributed by atoms with Gasteiger partial charge in [-0.05, 0) is 17.7 Å². The Labute approximate surface area is 104 Å². The van der Waals surface area contributed by atoms with Crippen LogP contribution in [-0.2, 0) is 9.53 Å². The van der Waals surface area contributed by atoms with Crippen LogP contribution in [0, 0.1) is 0 Å². The van der Waals surface area contributed by atoms with E-state index in [0.717, 1.165) is 0 Å². The van der Waals surface area contributed by atoms with Crippen molar-refractivity contribution in [3.05, 3.63) is 23.8 Å². The molecule has 0 saturated carbocycles. The SMILES string of the molecule is COc1cc(C(O)C(=O)O)ccc1OC1COC1. The maximum atomic E-state index is 10.7. The molecular formula is C12H14O6. The normalized spacial score (nSPS) is 16.8. The van der Waals surface area contributed by atoms with E-state index in [1.165, 1.54) is 19.2 Å². The molecule has 1 aromatic carbocycles. The molecule has 6 nitrogen and oxygen atoms in total. The minimum absolute atomic E-state index is 0.00542. The predicted octanol–water partition coefficient (Wildman–Crippen LogP) is 0.591. The monoisotopic (exact) mass is 254 g/mol. The Kier molecular flexibility index (Phi) is 3.69. The summed E-state index contributed by atoms with van der Waals surface area (Å²) in [6.45, 7) is 1.06. The first kappa shape index (κ1) is 12.7. The highest BCUT2D eigenvalue weighted by Crippen LogP contribution is 2.31. The molecule has 1 aliphatic heterocycles. The van der Waals surface area contributed by atoms with Crippen molar-refractivity contribution in [3.8, 4) is 11.5 Å². The summed E-state index contributed by atoms with van der Waals surface area (Å²) >= 11 is 0. The standard InChI is InChI=1S/C12H14O6/c1-16-10-4-7(11(13)12(14)15)2-3-9(10)18-8-5-17-6-8/h2-4,8,11,13H,5-6H2,1H3,(H,14,15). The number of carbonyl (C=O) groups is 1. The Morgan fingerprint density at radius 1 is 1.44 bits per heavy atom. The average molecular weight is 254 g/mol. The Morgan fingerprint density at radius 3 is 2.67 bits per heavy atom. The molecule has 1 saturated heterocycles. The molecule has 2 rings (SSSR count). The fourth-order valence-electron chi connectivity index (χ4n) is 1.56. The van der Waals surface area contributed by atoms with Crippen LogP contribution in [0.2, 0.25) is 0 Å². The first-order valence-electron chi connectivity index (χ1n) is 5.45. The molecular weight excluding hydrogens is 240 g/mol. The van der Waals surface area contributed by atoms with Crippen LogP contribution in [0.1, 0.15) is 11.7 Å². The second kappa shape index (κ2) is 5.24. The highest BCUT2D eigenvalue weighted by atomic mass is 16.6. The largest absolute Gasteiger partial charge is 0.493 e.